The quantitative estimate of drug-likeness (QED) is 0.530. The van der Waals surface area contributed by atoms with Gasteiger partial charge in [0.25, 0.3) is 0 Å². The number of ether oxygens (including phenoxy) is 2. The third kappa shape index (κ3) is 3.46. The number of nitrogens with one attached hydrogen (secondary N) is 1. The second kappa shape index (κ2) is 7.72. The molecule has 5 rings (SSSR count). The fourth-order valence-corrected chi connectivity index (χ4v) is 3.69. The highest BCUT2D eigenvalue weighted by Crippen LogP contribution is 2.39. The average molecular weight is 398 g/mol. The molecule has 150 valence electrons. The Morgan fingerprint density at radius 3 is 2.30 bits per heavy atom. The van der Waals surface area contributed by atoms with Crippen molar-refractivity contribution < 1.29 is 9.47 Å². The van der Waals surface area contributed by atoms with Crippen LogP contribution in [0.25, 0.3) is 11.5 Å². The van der Waals surface area contributed by atoms with Crippen LogP contribution < -0.4 is 4.74 Å². The van der Waals surface area contributed by atoms with Gasteiger partial charge in [0.15, 0.2) is 5.82 Å². The molecule has 0 aliphatic carbocycles. The summed E-state index contributed by atoms with van der Waals surface area (Å²) < 4.78 is 11.6. The molecule has 0 amide bonds. The van der Waals surface area contributed by atoms with Gasteiger partial charge in [0, 0.05) is 12.4 Å². The number of aromatic nitrogens is 4. The Balaban J connectivity index is 1.30. The fraction of sp³-hybridized carbons (Fsp3) is 0.208. The lowest BCUT2D eigenvalue weighted by Gasteiger charge is -2.42. The van der Waals surface area contributed by atoms with Crippen LogP contribution >= 0.6 is 0 Å². The van der Waals surface area contributed by atoms with E-state index in [1.807, 2.05) is 24.3 Å². The highest BCUT2D eigenvalue weighted by Gasteiger charge is 2.41. The first-order chi connectivity index (χ1) is 14.7. The Morgan fingerprint density at radius 1 is 0.933 bits per heavy atom. The van der Waals surface area contributed by atoms with E-state index in [1.54, 1.807) is 12.4 Å². The van der Waals surface area contributed by atoms with Crippen LogP contribution in [-0.4, -0.2) is 33.4 Å². The molecular formula is C24H22N4O2. The Morgan fingerprint density at radius 2 is 1.67 bits per heavy atom. The van der Waals surface area contributed by atoms with Crippen LogP contribution in [0.4, 0.5) is 0 Å². The third-order valence-electron chi connectivity index (χ3n) is 5.55. The minimum atomic E-state index is -0.0716. The van der Waals surface area contributed by atoms with Gasteiger partial charge in [-0.1, -0.05) is 42.0 Å². The Bertz CT molecular complexity index is 1120. The molecule has 4 aromatic rings. The van der Waals surface area contributed by atoms with Crippen LogP contribution in [0.1, 0.15) is 22.4 Å². The van der Waals surface area contributed by atoms with Crippen LogP contribution in [0.3, 0.4) is 0 Å². The second-order valence-electron chi connectivity index (χ2n) is 7.60. The number of aryl methyl sites for hydroxylation is 1. The number of hydrogen-bond donors (Lipinski definition) is 1. The molecule has 0 radical (unpaired) electrons. The van der Waals surface area contributed by atoms with Crippen molar-refractivity contribution in [2.45, 2.75) is 18.9 Å². The van der Waals surface area contributed by atoms with E-state index in [0.29, 0.717) is 25.6 Å². The van der Waals surface area contributed by atoms with E-state index in [-0.39, 0.29) is 5.41 Å². The average Bonchev–Trinajstić information content (AvgIpc) is 3.29. The molecule has 2 aromatic carbocycles. The maximum atomic E-state index is 5.96. The largest absolute Gasteiger partial charge is 0.487 e. The summed E-state index contributed by atoms with van der Waals surface area (Å²) in [7, 11) is 0. The Hall–Kier alpha value is -3.51. The van der Waals surface area contributed by atoms with E-state index in [1.165, 1.54) is 16.7 Å². The first kappa shape index (κ1) is 18.5. The standard InChI is InChI=1S/C24H22N4O2/c1-17-2-4-18(5-3-17)24(15-29-16-24)19-6-8-21(9-7-19)30-14-20-10-12-25-23(27-20)22-11-13-26-28-22/h2-13H,14-16H2,1H3,(H,26,28). The zero-order valence-electron chi connectivity index (χ0n) is 16.7. The topological polar surface area (TPSA) is 72.9 Å². The van der Waals surface area contributed by atoms with E-state index < -0.39 is 0 Å². The zero-order chi connectivity index (χ0) is 20.4. The molecule has 1 aliphatic heterocycles. The molecule has 0 saturated carbocycles. The first-order valence-corrected chi connectivity index (χ1v) is 9.93. The van der Waals surface area contributed by atoms with Gasteiger partial charge in [-0.25, -0.2) is 9.97 Å². The van der Waals surface area contributed by atoms with Gasteiger partial charge in [0.1, 0.15) is 18.1 Å². The number of benzene rings is 2. The van der Waals surface area contributed by atoms with E-state index >= 15 is 0 Å². The normalized spacial score (nSPS) is 14.8. The monoisotopic (exact) mass is 398 g/mol. The molecule has 0 spiro atoms. The maximum Gasteiger partial charge on any atom is 0.177 e. The van der Waals surface area contributed by atoms with Gasteiger partial charge in [0.2, 0.25) is 0 Å². The molecule has 6 heteroatoms. The maximum absolute atomic E-state index is 5.96. The zero-order valence-corrected chi connectivity index (χ0v) is 16.7. The molecule has 1 N–H and O–H groups in total. The molecule has 2 aromatic heterocycles. The molecule has 3 heterocycles. The van der Waals surface area contributed by atoms with E-state index in [0.717, 1.165) is 17.1 Å². The van der Waals surface area contributed by atoms with Gasteiger partial charge >= 0.3 is 0 Å². The smallest absolute Gasteiger partial charge is 0.177 e. The minimum Gasteiger partial charge on any atom is -0.487 e. The van der Waals surface area contributed by atoms with Gasteiger partial charge < -0.3 is 9.47 Å². The van der Waals surface area contributed by atoms with Crippen LogP contribution in [0.2, 0.25) is 0 Å². The first-order valence-electron chi connectivity index (χ1n) is 9.93. The lowest BCUT2D eigenvalue weighted by molar-refractivity contribution is -0.0380. The minimum absolute atomic E-state index is 0.0716. The number of H-pyrrole nitrogens is 1. The summed E-state index contributed by atoms with van der Waals surface area (Å²) in [5, 5.41) is 6.82. The summed E-state index contributed by atoms with van der Waals surface area (Å²) >= 11 is 0. The van der Waals surface area contributed by atoms with Gasteiger partial charge in [-0.2, -0.15) is 5.10 Å². The Kier molecular flexibility index (Phi) is 4.77. The Labute approximate surface area is 174 Å². The van der Waals surface area contributed by atoms with Crippen molar-refractivity contribution >= 4 is 0 Å². The van der Waals surface area contributed by atoms with Gasteiger partial charge in [-0.15, -0.1) is 0 Å². The van der Waals surface area contributed by atoms with Crippen molar-refractivity contribution in [1.82, 2.24) is 20.2 Å². The molecule has 1 saturated heterocycles. The predicted molar refractivity (Wildman–Crippen MR) is 113 cm³/mol. The van der Waals surface area contributed by atoms with E-state index in [2.05, 4.69) is 63.5 Å². The molecular weight excluding hydrogens is 376 g/mol. The van der Waals surface area contributed by atoms with Crippen LogP contribution in [0, 0.1) is 6.92 Å². The lowest BCUT2D eigenvalue weighted by atomic mass is 9.73. The number of rotatable bonds is 6. The third-order valence-corrected chi connectivity index (χ3v) is 5.55. The molecule has 1 fully saturated rings. The van der Waals surface area contributed by atoms with Gasteiger partial charge in [0.05, 0.1) is 24.3 Å². The molecule has 0 unspecified atom stereocenters. The molecule has 30 heavy (non-hydrogen) atoms. The highest BCUT2D eigenvalue weighted by atomic mass is 16.5. The van der Waals surface area contributed by atoms with Crippen LogP contribution in [0.5, 0.6) is 5.75 Å². The summed E-state index contributed by atoms with van der Waals surface area (Å²) in [6, 6.07) is 20.7. The summed E-state index contributed by atoms with van der Waals surface area (Å²) in [6.07, 6.45) is 3.41. The van der Waals surface area contributed by atoms with Gasteiger partial charge in [-0.3, -0.25) is 5.10 Å². The summed E-state index contributed by atoms with van der Waals surface area (Å²) in [4.78, 5) is 8.81. The fourth-order valence-electron chi connectivity index (χ4n) is 3.69. The molecule has 6 nitrogen and oxygen atoms in total. The predicted octanol–water partition coefficient (Wildman–Crippen LogP) is 4.07. The van der Waals surface area contributed by atoms with Crippen LogP contribution in [-0.2, 0) is 16.8 Å². The summed E-state index contributed by atoms with van der Waals surface area (Å²) in [5.41, 5.74) is 5.32. The number of aromatic amines is 1. The van der Waals surface area contributed by atoms with Crippen molar-refractivity contribution in [3.8, 4) is 17.3 Å². The number of nitrogens with zero attached hydrogens (tertiary/aromatic N) is 3. The van der Waals surface area contributed by atoms with E-state index in [9.17, 15) is 0 Å². The summed E-state index contributed by atoms with van der Waals surface area (Å²) in [5.74, 6) is 1.41. The lowest BCUT2D eigenvalue weighted by Crippen LogP contribution is -2.47. The highest BCUT2D eigenvalue weighted by molar-refractivity contribution is 5.47. The van der Waals surface area contributed by atoms with Crippen LogP contribution in [0.15, 0.2) is 73.1 Å². The van der Waals surface area contributed by atoms with Crippen molar-refractivity contribution in [2.75, 3.05) is 13.2 Å². The van der Waals surface area contributed by atoms with Gasteiger partial charge in [-0.05, 0) is 42.3 Å². The molecule has 0 atom stereocenters. The number of hydrogen-bond acceptors (Lipinski definition) is 5. The molecule has 0 bridgehead atoms. The van der Waals surface area contributed by atoms with Crippen molar-refractivity contribution in [3.63, 3.8) is 0 Å². The van der Waals surface area contributed by atoms with Crippen molar-refractivity contribution in [2.24, 2.45) is 0 Å². The second-order valence-corrected chi connectivity index (χ2v) is 7.60. The van der Waals surface area contributed by atoms with E-state index in [4.69, 9.17) is 9.47 Å². The molecule has 1 aliphatic rings. The van der Waals surface area contributed by atoms with Crippen molar-refractivity contribution in [1.29, 1.82) is 0 Å². The summed E-state index contributed by atoms with van der Waals surface area (Å²) in [6.45, 7) is 3.88. The van der Waals surface area contributed by atoms with Crippen molar-refractivity contribution in [3.05, 3.63) is 95.4 Å². The SMILES string of the molecule is Cc1ccc(C2(c3ccc(OCc4ccnc(-c5ccn[nH]5)n4)cc3)COC2)cc1.